The first kappa shape index (κ1) is 14.3. The van der Waals surface area contributed by atoms with E-state index in [1.807, 2.05) is 43.3 Å². The smallest absolute Gasteiger partial charge is 0.234 e. The summed E-state index contributed by atoms with van der Waals surface area (Å²) in [5.74, 6) is 0.180. The Kier molecular flexibility index (Phi) is 4.57. The number of thioether (sulfide) groups is 1. The molecule has 0 unspecified atom stereocenters. The van der Waals surface area contributed by atoms with Crippen molar-refractivity contribution in [3.05, 3.63) is 24.3 Å². The average Bonchev–Trinajstić information content (AvgIpc) is 2.82. The zero-order valence-electron chi connectivity index (χ0n) is 11.6. The van der Waals surface area contributed by atoms with Gasteiger partial charge >= 0.3 is 0 Å². The van der Waals surface area contributed by atoms with E-state index in [9.17, 15) is 4.79 Å². The number of tetrazole rings is 1. The van der Waals surface area contributed by atoms with Crippen LogP contribution in [0, 0.1) is 0 Å². The molecule has 8 heteroatoms. The molecule has 0 fully saturated rings. The van der Waals surface area contributed by atoms with Gasteiger partial charge in [0.25, 0.3) is 0 Å². The summed E-state index contributed by atoms with van der Waals surface area (Å²) in [5.41, 5.74) is 1.86. The van der Waals surface area contributed by atoms with E-state index in [2.05, 4.69) is 20.8 Å². The molecule has 1 aromatic carbocycles. The zero-order valence-corrected chi connectivity index (χ0v) is 12.4. The van der Waals surface area contributed by atoms with Crippen LogP contribution in [0.15, 0.2) is 29.4 Å². The van der Waals surface area contributed by atoms with Gasteiger partial charge in [-0.2, -0.15) is 0 Å². The Labute approximate surface area is 121 Å². The van der Waals surface area contributed by atoms with Gasteiger partial charge in [0.05, 0.1) is 5.75 Å². The lowest BCUT2D eigenvalue weighted by atomic mass is 10.2. The molecule has 0 aliphatic carbocycles. The number of anilines is 2. The molecule has 1 aromatic heterocycles. The van der Waals surface area contributed by atoms with Crippen molar-refractivity contribution in [1.82, 2.24) is 20.2 Å². The number of nitrogens with one attached hydrogen (secondary N) is 1. The topological polar surface area (TPSA) is 75.9 Å². The van der Waals surface area contributed by atoms with Crippen molar-refractivity contribution in [2.45, 2.75) is 5.16 Å². The summed E-state index contributed by atoms with van der Waals surface area (Å²) in [6, 6.07) is 7.66. The number of carbonyl (C=O) groups excluding carboxylic acids is 1. The van der Waals surface area contributed by atoms with Gasteiger partial charge in [-0.05, 0) is 34.7 Å². The third kappa shape index (κ3) is 3.70. The lowest BCUT2D eigenvalue weighted by Crippen LogP contribution is -2.15. The van der Waals surface area contributed by atoms with Crippen molar-refractivity contribution >= 4 is 29.0 Å². The van der Waals surface area contributed by atoms with Gasteiger partial charge in [0, 0.05) is 32.5 Å². The lowest BCUT2D eigenvalue weighted by Gasteiger charge is -2.12. The van der Waals surface area contributed by atoms with Crippen molar-refractivity contribution in [3.63, 3.8) is 0 Å². The standard InChI is InChI=1S/C12H16N6OS/c1-17(2)10-6-4-9(5-7-10)13-11(19)8-20-12-14-15-16-18(12)3/h4-7H,8H2,1-3H3,(H,13,19). The number of hydrogen-bond donors (Lipinski definition) is 1. The Hall–Kier alpha value is -2.09. The van der Waals surface area contributed by atoms with Gasteiger partial charge in [0.2, 0.25) is 11.1 Å². The van der Waals surface area contributed by atoms with Crippen LogP contribution in [0.1, 0.15) is 0 Å². The molecule has 0 atom stereocenters. The molecule has 1 heterocycles. The minimum atomic E-state index is -0.0874. The highest BCUT2D eigenvalue weighted by molar-refractivity contribution is 7.99. The van der Waals surface area contributed by atoms with Crippen LogP contribution in [-0.2, 0) is 11.8 Å². The molecule has 20 heavy (non-hydrogen) atoms. The SMILES string of the molecule is CN(C)c1ccc(NC(=O)CSc2nnnn2C)cc1. The highest BCUT2D eigenvalue weighted by Crippen LogP contribution is 2.17. The van der Waals surface area contributed by atoms with Crippen molar-refractivity contribution < 1.29 is 4.79 Å². The third-order valence-electron chi connectivity index (χ3n) is 2.58. The number of nitrogens with zero attached hydrogens (tertiary/aromatic N) is 5. The molecule has 106 valence electrons. The van der Waals surface area contributed by atoms with Gasteiger partial charge in [-0.25, -0.2) is 4.68 Å². The Morgan fingerprint density at radius 2 is 2.05 bits per heavy atom. The number of aromatic nitrogens is 4. The summed E-state index contributed by atoms with van der Waals surface area (Å²) >= 11 is 1.30. The quantitative estimate of drug-likeness (QED) is 0.829. The van der Waals surface area contributed by atoms with Crippen molar-refractivity contribution in [2.75, 3.05) is 30.1 Å². The van der Waals surface area contributed by atoms with Gasteiger partial charge in [-0.15, -0.1) is 5.10 Å². The highest BCUT2D eigenvalue weighted by atomic mass is 32.2. The normalized spacial score (nSPS) is 10.3. The van der Waals surface area contributed by atoms with Crippen molar-refractivity contribution in [3.8, 4) is 0 Å². The predicted molar refractivity (Wildman–Crippen MR) is 78.9 cm³/mol. The van der Waals surface area contributed by atoms with Crippen LogP contribution in [0.4, 0.5) is 11.4 Å². The largest absolute Gasteiger partial charge is 0.378 e. The van der Waals surface area contributed by atoms with Crippen LogP contribution in [0.3, 0.4) is 0 Å². The molecule has 0 aliphatic rings. The summed E-state index contributed by atoms with van der Waals surface area (Å²) in [7, 11) is 5.68. The number of aryl methyl sites for hydroxylation is 1. The van der Waals surface area contributed by atoms with Crippen LogP contribution < -0.4 is 10.2 Å². The molecular weight excluding hydrogens is 276 g/mol. The van der Waals surface area contributed by atoms with Crippen LogP contribution in [0.5, 0.6) is 0 Å². The first-order chi connectivity index (χ1) is 9.56. The monoisotopic (exact) mass is 292 g/mol. The maximum Gasteiger partial charge on any atom is 0.234 e. The third-order valence-corrected chi connectivity index (χ3v) is 3.59. The Morgan fingerprint density at radius 1 is 1.35 bits per heavy atom. The average molecular weight is 292 g/mol. The summed E-state index contributed by atoms with van der Waals surface area (Å²) in [4.78, 5) is 13.8. The minimum Gasteiger partial charge on any atom is -0.378 e. The molecule has 1 amide bonds. The number of benzene rings is 1. The van der Waals surface area contributed by atoms with E-state index in [1.54, 1.807) is 7.05 Å². The second-order valence-electron chi connectivity index (χ2n) is 4.36. The molecule has 0 aliphatic heterocycles. The number of rotatable bonds is 5. The molecule has 0 saturated heterocycles. The molecule has 1 N–H and O–H groups in total. The van der Waals surface area contributed by atoms with Crippen LogP contribution in [0.25, 0.3) is 0 Å². The minimum absolute atomic E-state index is 0.0874. The van der Waals surface area contributed by atoms with Crippen LogP contribution in [-0.4, -0.2) is 46.0 Å². The van der Waals surface area contributed by atoms with E-state index in [4.69, 9.17) is 0 Å². The van der Waals surface area contributed by atoms with Crippen molar-refractivity contribution in [2.24, 2.45) is 7.05 Å². The lowest BCUT2D eigenvalue weighted by molar-refractivity contribution is -0.113. The van der Waals surface area contributed by atoms with E-state index in [0.29, 0.717) is 5.16 Å². The van der Waals surface area contributed by atoms with Crippen LogP contribution >= 0.6 is 11.8 Å². The van der Waals surface area contributed by atoms with Crippen molar-refractivity contribution in [1.29, 1.82) is 0 Å². The molecule has 0 bridgehead atoms. The van der Waals surface area contributed by atoms with Gasteiger partial charge in [-0.3, -0.25) is 4.79 Å². The highest BCUT2D eigenvalue weighted by Gasteiger charge is 2.08. The molecule has 2 rings (SSSR count). The molecule has 0 spiro atoms. The first-order valence-electron chi connectivity index (χ1n) is 5.98. The van der Waals surface area contributed by atoms with E-state index >= 15 is 0 Å². The fourth-order valence-electron chi connectivity index (χ4n) is 1.51. The maximum atomic E-state index is 11.8. The van der Waals surface area contributed by atoms with E-state index in [1.165, 1.54) is 16.4 Å². The number of carbonyl (C=O) groups is 1. The molecule has 2 aromatic rings. The Balaban J connectivity index is 1.86. The fraction of sp³-hybridized carbons (Fsp3) is 0.333. The van der Waals surface area contributed by atoms with Gasteiger partial charge in [0.15, 0.2) is 0 Å². The zero-order chi connectivity index (χ0) is 14.5. The first-order valence-corrected chi connectivity index (χ1v) is 6.97. The number of hydrogen-bond acceptors (Lipinski definition) is 6. The van der Waals surface area contributed by atoms with Gasteiger partial charge in [0.1, 0.15) is 0 Å². The molecule has 7 nitrogen and oxygen atoms in total. The van der Waals surface area contributed by atoms with Gasteiger partial charge < -0.3 is 10.2 Å². The van der Waals surface area contributed by atoms with E-state index in [0.717, 1.165) is 11.4 Å². The number of amides is 1. The fourth-order valence-corrected chi connectivity index (χ4v) is 2.16. The maximum absolute atomic E-state index is 11.8. The Morgan fingerprint density at radius 3 is 2.60 bits per heavy atom. The molecule has 0 radical (unpaired) electrons. The second-order valence-corrected chi connectivity index (χ2v) is 5.31. The predicted octanol–water partition coefficient (Wildman–Crippen LogP) is 1.01. The summed E-state index contributed by atoms with van der Waals surface area (Å²) in [6.45, 7) is 0. The van der Waals surface area contributed by atoms with E-state index in [-0.39, 0.29) is 11.7 Å². The molecule has 0 saturated carbocycles. The Bertz CT molecular complexity index is 580. The van der Waals surface area contributed by atoms with E-state index < -0.39 is 0 Å². The van der Waals surface area contributed by atoms with Crippen LogP contribution in [0.2, 0.25) is 0 Å². The summed E-state index contributed by atoms with van der Waals surface area (Å²) in [5, 5.41) is 14.5. The summed E-state index contributed by atoms with van der Waals surface area (Å²) in [6.07, 6.45) is 0. The molecular formula is C12H16N6OS. The summed E-state index contributed by atoms with van der Waals surface area (Å²) < 4.78 is 1.53. The second kappa shape index (κ2) is 6.38. The van der Waals surface area contributed by atoms with Gasteiger partial charge in [-0.1, -0.05) is 11.8 Å².